The standard InChI is InChI=1S/C17H28N4O2/c1-2-15-18-19-16(23-15)13-20-11-7-14(8-12-20)17(22)21-9-5-3-4-6-10-21/h14H,2-13H2,1H3. The van der Waals surface area contributed by atoms with E-state index in [2.05, 4.69) is 20.0 Å². The molecule has 128 valence electrons. The first kappa shape index (κ1) is 16.4. The Morgan fingerprint density at radius 1 is 1.04 bits per heavy atom. The Hall–Kier alpha value is -1.43. The first-order valence-corrected chi connectivity index (χ1v) is 9.08. The number of piperidine rings is 1. The Morgan fingerprint density at radius 3 is 2.30 bits per heavy atom. The minimum Gasteiger partial charge on any atom is -0.424 e. The van der Waals surface area contributed by atoms with Crippen molar-refractivity contribution in [2.75, 3.05) is 26.2 Å². The number of hydrogen-bond donors (Lipinski definition) is 0. The molecular formula is C17H28N4O2. The molecule has 0 saturated carbocycles. The zero-order valence-corrected chi connectivity index (χ0v) is 14.2. The molecule has 2 saturated heterocycles. The second-order valence-corrected chi connectivity index (χ2v) is 6.73. The van der Waals surface area contributed by atoms with Crippen molar-refractivity contribution in [1.29, 1.82) is 0 Å². The van der Waals surface area contributed by atoms with Crippen molar-refractivity contribution in [2.45, 2.75) is 58.4 Å². The monoisotopic (exact) mass is 320 g/mol. The third-order valence-electron chi connectivity index (χ3n) is 5.02. The van der Waals surface area contributed by atoms with Crippen LogP contribution in [0.5, 0.6) is 0 Å². The van der Waals surface area contributed by atoms with Crippen molar-refractivity contribution in [3.8, 4) is 0 Å². The van der Waals surface area contributed by atoms with Crippen molar-refractivity contribution < 1.29 is 9.21 Å². The van der Waals surface area contributed by atoms with Gasteiger partial charge in [-0.05, 0) is 38.8 Å². The van der Waals surface area contributed by atoms with Gasteiger partial charge in [-0.2, -0.15) is 0 Å². The van der Waals surface area contributed by atoms with E-state index in [0.717, 1.165) is 45.4 Å². The van der Waals surface area contributed by atoms with Crippen LogP contribution >= 0.6 is 0 Å². The maximum atomic E-state index is 12.7. The van der Waals surface area contributed by atoms with Crippen molar-refractivity contribution >= 4 is 5.91 Å². The number of rotatable bonds is 4. The highest BCUT2D eigenvalue weighted by Crippen LogP contribution is 2.22. The van der Waals surface area contributed by atoms with Crippen molar-refractivity contribution in [3.63, 3.8) is 0 Å². The maximum Gasteiger partial charge on any atom is 0.230 e. The summed E-state index contributed by atoms with van der Waals surface area (Å²) < 4.78 is 5.58. The molecule has 0 N–H and O–H groups in total. The smallest absolute Gasteiger partial charge is 0.230 e. The molecule has 0 atom stereocenters. The van der Waals surface area contributed by atoms with Gasteiger partial charge in [0.05, 0.1) is 6.54 Å². The van der Waals surface area contributed by atoms with Gasteiger partial charge in [-0.1, -0.05) is 19.8 Å². The second-order valence-electron chi connectivity index (χ2n) is 6.73. The Bertz CT molecular complexity index is 500. The molecule has 6 nitrogen and oxygen atoms in total. The predicted octanol–water partition coefficient (Wildman–Crippen LogP) is 2.25. The molecule has 6 heteroatoms. The van der Waals surface area contributed by atoms with Crippen LogP contribution in [0, 0.1) is 5.92 Å². The van der Waals surface area contributed by atoms with E-state index in [4.69, 9.17) is 4.42 Å². The zero-order chi connectivity index (χ0) is 16.1. The molecule has 3 heterocycles. The van der Waals surface area contributed by atoms with E-state index >= 15 is 0 Å². The summed E-state index contributed by atoms with van der Waals surface area (Å²) in [7, 11) is 0. The van der Waals surface area contributed by atoms with Gasteiger partial charge in [-0.3, -0.25) is 9.69 Å². The summed E-state index contributed by atoms with van der Waals surface area (Å²) in [6.45, 7) is 6.51. The molecule has 0 spiro atoms. The molecule has 2 aliphatic heterocycles. The molecule has 1 amide bonds. The van der Waals surface area contributed by atoms with E-state index in [1.54, 1.807) is 0 Å². The lowest BCUT2D eigenvalue weighted by Crippen LogP contribution is -2.42. The van der Waals surface area contributed by atoms with Crippen LogP contribution in [-0.4, -0.2) is 52.1 Å². The molecule has 2 fully saturated rings. The van der Waals surface area contributed by atoms with Gasteiger partial charge in [0, 0.05) is 25.4 Å². The minimum atomic E-state index is 0.207. The third-order valence-corrected chi connectivity index (χ3v) is 5.02. The quantitative estimate of drug-likeness (QED) is 0.851. The van der Waals surface area contributed by atoms with E-state index in [1.165, 1.54) is 25.7 Å². The lowest BCUT2D eigenvalue weighted by Gasteiger charge is -2.33. The Kier molecular flexibility index (Phi) is 5.65. The molecule has 0 bridgehead atoms. The molecule has 0 aromatic carbocycles. The lowest BCUT2D eigenvalue weighted by molar-refractivity contribution is -0.137. The van der Waals surface area contributed by atoms with Gasteiger partial charge >= 0.3 is 0 Å². The fraction of sp³-hybridized carbons (Fsp3) is 0.824. The first-order chi connectivity index (χ1) is 11.3. The number of nitrogens with zero attached hydrogens (tertiary/aromatic N) is 4. The number of carbonyl (C=O) groups is 1. The molecule has 3 rings (SSSR count). The number of hydrogen-bond acceptors (Lipinski definition) is 5. The normalized spacial score (nSPS) is 21.3. The van der Waals surface area contributed by atoms with E-state index < -0.39 is 0 Å². The average molecular weight is 320 g/mol. The number of amides is 1. The van der Waals surface area contributed by atoms with Gasteiger partial charge in [0.2, 0.25) is 17.7 Å². The molecule has 0 radical (unpaired) electrons. The van der Waals surface area contributed by atoms with Crippen molar-refractivity contribution in [3.05, 3.63) is 11.8 Å². The van der Waals surface area contributed by atoms with E-state index in [0.29, 0.717) is 24.2 Å². The Morgan fingerprint density at radius 2 is 1.70 bits per heavy atom. The van der Waals surface area contributed by atoms with Crippen molar-refractivity contribution in [1.82, 2.24) is 20.0 Å². The fourth-order valence-electron chi connectivity index (χ4n) is 3.57. The van der Waals surface area contributed by atoms with Crippen LogP contribution in [0.4, 0.5) is 0 Å². The summed E-state index contributed by atoms with van der Waals surface area (Å²) in [6.07, 6.45) is 7.55. The summed E-state index contributed by atoms with van der Waals surface area (Å²) in [5.74, 6) is 1.99. The fourth-order valence-corrected chi connectivity index (χ4v) is 3.57. The second kappa shape index (κ2) is 7.90. The molecular weight excluding hydrogens is 292 g/mol. The number of likely N-dealkylation sites (tertiary alicyclic amines) is 2. The van der Waals surface area contributed by atoms with Crippen LogP contribution in [0.1, 0.15) is 57.2 Å². The Balaban J connectivity index is 1.46. The molecule has 2 aliphatic rings. The summed E-state index contributed by atoms with van der Waals surface area (Å²) in [5.41, 5.74) is 0. The van der Waals surface area contributed by atoms with Crippen LogP contribution in [0.2, 0.25) is 0 Å². The number of carbonyl (C=O) groups excluding carboxylic acids is 1. The highest BCUT2D eigenvalue weighted by atomic mass is 16.4. The molecule has 0 aliphatic carbocycles. The largest absolute Gasteiger partial charge is 0.424 e. The summed E-state index contributed by atoms with van der Waals surface area (Å²) in [4.78, 5) is 17.1. The maximum absolute atomic E-state index is 12.7. The van der Waals surface area contributed by atoms with Gasteiger partial charge < -0.3 is 9.32 Å². The van der Waals surface area contributed by atoms with E-state index in [-0.39, 0.29) is 5.92 Å². The molecule has 1 aromatic heterocycles. The molecule has 1 aromatic rings. The van der Waals surface area contributed by atoms with E-state index in [9.17, 15) is 4.79 Å². The third kappa shape index (κ3) is 4.31. The topological polar surface area (TPSA) is 62.5 Å². The van der Waals surface area contributed by atoms with Crippen LogP contribution < -0.4 is 0 Å². The SMILES string of the molecule is CCc1nnc(CN2CCC(C(=O)N3CCCCCC3)CC2)o1. The summed E-state index contributed by atoms with van der Waals surface area (Å²) in [6, 6.07) is 0. The zero-order valence-electron chi connectivity index (χ0n) is 14.2. The van der Waals surface area contributed by atoms with Crippen molar-refractivity contribution in [2.24, 2.45) is 5.92 Å². The number of aromatic nitrogens is 2. The van der Waals surface area contributed by atoms with Gasteiger partial charge in [-0.15, -0.1) is 10.2 Å². The van der Waals surface area contributed by atoms with Crippen LogP contribution in [-0.2, 0) is 17.8 Å². The van der Waals surface area contributed by atoms with Crippen LogP contribution in [0.25, 0.3) is 0 Å². The van der Waals surface area contributed by atoms with Crippen LogP contribution in [0.15, 0.2) is 4.42 Å². The average Bonchev–Trinajstić information content (AvgIpc) is 2.86. The minimum absolute atomic E-state index is 0.207. The molecule has 23 heavy (non-hydrogen) atoms. The Labute approximate surface area is 138 Å². The van der Waals surface area contributed by atoms with Gasteiger partial charge in [0.1, 0.15) is 0 Å². The molecule has 0 unspecified atom stereocenters. The summed E-state index contributed by atoms with van der Waals surface area (Å²) in [5, 5.41) is 8.09. The first-order valence-electron chi connectivity index (χ1n) is 9.08. The highest BCUT2D eigenvalue weighted by Gasteiger charge is 2.29. The highest BCUT2D eigenvalue weighted by molar-refractivity contribution is 5.79. The van der Waals surface area contributed by atoms with Gasteiger partial charge in [-0.25, -0.2) is 0 Å². The van der Waals surface area contributed by atoms with Gasteiger partial charge in [0.15, 0.2) is 0 Å². The van der Waals surface area contributed by atoms with Crippen LogP contribution in [0.3, 0.4) is 0 Å². The summed E-state index contributed by atoms with van der Waals surface area (Å²) >= 11 is 0. The predicted molar refractivity (Wildman–Crippen MR) is 86.7 cm³/mol. The lowest BCUT2D eigenvalue weighted by atomic mass is 9.95. The number of aryl methyl sites for hydroxylation is 1. The van der Waals surface area contributed by atoms with Gasteiger partial charge in [0.25, 0.3) is 0 Å². The van der Waals surface area contributed by atoms with E-state index in [1.807, 2.05) is 6.92 Å².